The second-order valence-corrected chi connectivity index (χ2v) is 4.79. The normalized spacial score (nSPS) is 25.1. The third-order valence-electron chi connectivity index (χ3n) is 3.67. The molecule has 1 saturated carbocycles. The van der Waals surface area contributed by atoms with Crippen molar-refractivity contribution in [2.24, 2.45) is 5.92 Å². The first-order valence-corrected chi connectivity index (χ1v) is 6.10. The number of benzene rings is 1. The molecule has 1 saturated heterocycles. The van der Waals surface area contributed by atoms with Crippen LogP contribution >= 0.6 is 0 Å². The number of carbonyl (C=O) groups excluding carboxylic acids is 1. The Morgan fingerprint density at radius 3 is 2.71 bits per heavy atom. The summed E-state index contributed by atoms with van der Waals surface area (Å²) < 4.78 is 0. The van der Waals surface area contributed by atoms with Gasteiger partial charge in [0.1, 0.15) is 0 Å². The van der Waals surface area contributed by atoms with Gasteiger partial charge in [-0.25, -0.2) is 0 Å². The molecule has 1 aromatic rings. The molecule has 1 amide bonds. The molecule has 1 aliphatic carbocycles. The monoisotopic (exact) mass is 232 g/mol. The maximum Gasteiger partial charge on any atom is 0.253 e. The lowest BCUT2D eigenvalue weighted by molar-refractivity contribution is -0.119. The van der Waals surface area contributed by atoms with Crippen LogP contribution in [0.2, 0.25) is 0 Å². The van der Waals surface area contributed by atoms with Crippen molar-refractivity contribution < 1.29 is 9.63 Å². The topological polar surface area (TPSA) is 55.6 Å². The van der Waals surface area contributed by atoms with E-state index in [1.54, 1.807) is 6.07 Å². The number of hydrogen-bond donors (Lipinski definition) is 1. The molecule has 0 bridgehead atoms. The maximum absolute atomic E-state index is 11.9. The van der Waals surface area contributed by atoms with Crippen molar-refractivity contribution in [2.75, 3.05) is 10.8 Å². The Morgan fingerprint density at radius 1 is 1.29 bits per heavy atom. The third-order valence-corrected chi connectivity index (χ3v) is 3.67. The average molecular weight is 232 g/mol. The highest BCUT2D eigenvalue weighted by Gasteiger charge is 2.39. The Hall–Kier alpha value is -1.55. The first-order chi connectivity index (χ1) is 8.25. The van der Waals surface area contributed by atoms with E-state index in [0.717, 1.165) is 0 Å². The van der Waals surface area contributed by atoms with Gasteiger partial charge in [0.05, 0.1) is 23.9 Å². The van der Waals surface area contributed by atoms with Crippen LogP contribution in [0.3, 0.4) is 0 Å². The SMILES string of the molecule is Nc1ccccc1N1OC(C2CCC2)CC1=O. The molecule has 3 rings (SSSR count). The molecule has 2 fully saturated rings. The van der Waals surface area contributed by atoms with Gasteiger partial charge in [-0.3, -0.25) is 9.63 Å². The standard InChI is InChI=1S/C13H16N2O2/c14-10-6-1-2-7-11(10)15-13(16)8-12(17-15)9-4-3-5-9/h1-2,6-7,9,12H,3-5,8,14H2. The number of anilines is 2. The van der Waals surface area contributed by atoms with E-state index in [4.69, 9.17) is 10.6 Å². The summed E-state index contributed by atoms with van der Waals surface area (Å²) in [6.07, 6.45) is 4.15. The van der Waals surface area contributed by atoms with E-state index in [1.807, 2.05) is 18.2 Å². The first-order valence-electron chi connectivity index (χ1n) is 6.10. The number of para-hydroxylation sites is 2. The van der Waals surface area contributed by atoms with Crippen molar-refractivity contribution in [3.05, 3.63) is 24.3 Å². The van der Waals surface area contributed by atoms with E-state index in [1.165, 1.54) is 24.3 Å². The average Bonchev–Trinajstić information content (AvgIpc) is 2.58. The molecule has 1 aliphatic heterocycles. The Labute approximate surface area is 100 Å². The number of rotatable bonds is 2. The van der Waals surface area contributed by atoms with Crippen LogP contribution in [0.5, 0.6) is 0 Å². The zero-order valence-corrected chi connectivity index (χ0v) is 9.63. The van der Waals surface area contributed by atoms with Crippen molar-refractivity contribution in [1.82, 2.24) is 0 Å². The molecule has 17 heavy (non-hydrogen) atoms. The zero-order chi connectivity index (χ0) is 11.8. The second kappa shape index (κ2) is 4.04. The van der Waals surface area contributed by atoms with E-state index >= 15 is 0 Å². The van der Waals surface area contributed by atoms with Crippen LogP contribution in [0.15, 0.2) is 24.3 Å². The molecular weight excluding hydrogens is 216 g/mol. The Morgan fingerprint density at radius 2 is 2.06 bits per heavy atom. The summed E-state index contributed by atoms with van der Waals surface area (Å²) >= 11 is 0. The van der Waals surface area contributed by atoms with Crippen molar-refractivity contribution >= 4 is 17.3 Å². The molecule has 4 nitrogen and oxygen atoms in total. The lowest BCUT2D eigenvalue weighted by Gasteiger charge is -2.30. The van der Waals surface area contributed by atoms with Gasteiger partial charge in [0.25, 0.3) is 5.91 Å². The van der Waals surface area contributed by atoms with Gasteiger partial charge in [-0.1, -0.05) is 18.6 Å². The summed E-state index contributed by atoms with van der Waals surface area (Å²) in [5.74, 6) is 0.564. The number of hydroxylamine groups is 1. The fourth-order valence-corrected chi connectivity index (χ4v) is 2.41. The van der Waals surface area contributed by atoms with Crippen molar-refractivity contribution in [3.63, 3.8) is 0 Å². The van der Waals surface area contributed by atoms with Gasteiger partial charge < -0.3 is 5.73 Å². The highest BCUT2D eigenvalue weighted by Crippen LogP contribution is 2.38. The maximum atomic E-state index is 11.9. The second-order valence-electron chi connectivity index (χ2n) is 4.79. The fourth-order valence-electron chi connectivity index (χ4n) is 2.41. The Kier molecular flexibility index (Phi) is 2.52. The van der Waals surface area contributed by atoms with Gasteiger partial charge in [-0.2, -0.15) is 5.06 Å². The van der Waals surface area contributed by atoms with E-state index < -0.39 is 0 Å². The predicted octanol–water partition coefficient (Wildman–Crippen LogP) is 2.11. The quantitative estimate of drug-likeness (QED) is 0.794. The molecule has 0 aromatic heterocycles. The molecule has 0 radical (unpaired) electrons. The first kappa shape index (κ1) is 10.6. The fraction of sp³-hybridized carbons (Fsp3) is 0.462. The molecule has 1 unspecified atom stereocenters. The largest absolute Gasteiger partial charge is 0.397 e. The smallest absolute Gasteiger partial charge is 0.253 e. The minimum atomic E-state index is 0.0137. The van der Waals surface area contributed by atoms with Gasteiger partial charge in [0.15, 0.2) is 0 Å². The highest BCUT2D eigenvalue weighted by molar-refractivity contribution is 5.96. The molecule has 4 heteroatoms. The lowest BCUT2D eigenvalue weighted by Crippen LogP contribution is -2.29. The van der Waals surface area contributed by atoms with E-state index in [9.17, 15) is 4.79 Å². The summed E-state index contributed by atoms with van der Waals surface area (Å²) in [6.45, 7) is 0. The summed E-state index contributed by atoms with van der Waals surface area (Å²) in [6, 6.07) is 7.31. The molecule has 0 spiro atoms. The molecule has 1 atom stereocenters. The van der Waals surface area contributed by atoms with E-state index in [0.29, 0.717) is 23.7 Å². The third kappa shape index (κ3) is 1.78. The number of hydrogen-bond acceptors (Lipinski definition) is 3. The predicted molar refractivity (Wildman–Crippen MR) is 65.2 cm³/mol. The van der Waals surface area contributed by atoms with Crippen molar-refractivity contribution in [2.45, 2.75) is 31.8 Å². The molecule has 2 aliphatic rings. The van der Waals surface area contributed by atoms with Crippen LogP contribution in [0.4, 0.5) is 11.4 Å². The van der Waals surface area contributed by atoms with E-state index in [2.05, 4.69) is 0 Å². The Bertz CT molecular complexity index is 443. The molecule has 1 heterocycles. The number of nitrogens with zero attached hydrogens (tertiary/aromatic N) is 1. The number of amides is 1. The highest BCUT2D eigenvalue weighted by atomic mass is 16.7. The number of carbonyl (C=O) groups is 1. The van der Waals surface area contributed by atoms with Crippen LogP contribution in [-0.2, 0) is 9.63 Å². The lowest BCUT2D eigenvalue weighted by atomic mass is 9.80. The summed E-state index contributed by atoms with van der Waals surface area (Å²) in [5.41, 5.74) is 7.10. The number of nitrogen functional groups attached to an aromatic ring is 1. The molecular formula is C13H16N2O2. The van der Waals surface area contributed by atoms with Crippen LogP contribution in [0, 0.1) is 5.92 Å². The van der Waals surface area contributed by atoms with Gasteiger partial charge in [0.2, 0.25) is 0 Å². The van der Waals surface area contributed by atoms with Crippen molar-refractivity contribution in [1.29, 1.82) is 0 Å². The molecule has 1 aromatic carbocycles. The molecule has 2 N–H and O–H groups in total. The van der Waals surface area contributed by atoms with Crippen LogP contribution in [-0.4, -0.2) is 12.0 Å². The van der Waals surface area contributed by atoms with Gasteiger partial charge in [-0.05, 0) is 30.9 Å². The summed E-state index contributed by atoms with van der Waals surface area (Å²) in [4.78, 5) is 17.7. The van der Waals surface area contributed by atoms with Gasteiger partial charge >= 0.3 is 0 Å². The summed E-state index contributed by atoms with van der Waals surface area (Å²) in [5, 5.41) is 1.37. The van der Waals surface area contributed by atoms with Gasteiger partial charge in [0, 0.05) is 0 Å². The van der Waals surface area contributed by atoms with Crippen molar-refractivity contribution in [3.8, 4) is 0 Å². The van der Waals surface area contributed by atoms with Crippen LogP contribution in [0.25, 0.3) is 0 Å². The van der Waals surface area contributed by atoms with E-state index in [-0.39, 0.29) is 12.0 Å². The number of nitrogens with two attached hydrogens (primary N) is 1. The molecule has 90 valence electrons. The summed E-state index contributed by atoms with van der Waals surface area (Å²) in [7, 11) is 0. The minimum absolute atomic E-state index is 0.0137. The zero-order valence-electron chi connectivity index (χ0n) is 9.63. The Balaban J connectivity index is 1.80. The van der Waals surface area contributed by atoms with Crippen LogP contribution < -0.4 is 10.8 Å². The minimum Gasteiger partial charge on any atom is -0.397 e. The van der Waals surface area contributed by atoms with Gasteiger partial charge in [-0.15, -0.1) is 0 Å². The van der Waals surface area contributed by atoms with Crippen LogP contribution in [0.1, 0.15) is 25.7 Å².